The first kappa shape index (κ1) is 20.0. The maximum Gasteiger partial charge on any atom is 0.303 e. The molecule has 1 N–H and O–H groups in total. The molecule has 2 fully saturated rings. The molecule has 0 heterocycles. The van der Waals surface area contributed by atoms with Crippen LogP contribution in [-0.4, -0.2) is 23.3 Å². The fourth-order valence-electron chi connectivity index (χ4n) is 5.53. The molecule has 0 amide bonds. The summed E-state index contributed by atoms with van der Waals surface area (Å²) in [6.45, 7) is 18.2. The zero-order chi connectivity index (χ0) is 19.0. The molecule has 140 valence electrons. The molecule has 0 unspecified atom stereocenters. The van der Waals surface area contributed by atoms with Crippen molar-refractivity contribution in [3.05, 3.63) is 36.5 Å². The molecule has 2 aliphatic carbocycles. The first-order chi connectivity index (χ1) is 11.5. The third-order valence-corrected chi connectivity index (χ3v) is 6.76. The van der Waals surface area contributed by atoms with E-state index in [0.29, 0.717) is 18.3 Å². The van der Waals surface area contributed by atoms with Gasteiger partial charge in [0.25, 0.3) is 0 Å². The maximum atomic E-state index is 11.5. The Hall–Kier alpha value is -1.35. The van der Waals surface area contributed by atoms with Gasteiger partial charge in [-0.1, -0.05) is 57.2 Å². The van der Waals surface area contributed by atoms with Crippen molar-refractivity contribution in [2.45, 2.75) is 72.5 Å². The van der Waals surface area contributed by atoms with Gasteiger partial charge >= 0.3 is 5.97 Å². The van der Waals surface area contributed by atoms with Crippen LogP contribution in [0.2, 0.25) is 0 Å². The highest BCUT2D eigenvalue weighted by molar-refractivity contribution is 5.66. The van der Waals surface area contributed by atoms with Crippen LogP contribution in [0.25, 0.3) is 0 Å². The smallest absolute Gasteiger partial charge is 0.303 e. The molecular weight excluding hydrogens is 312 g/mol. The normalized spacial score (nSPS) is 38.0. The largest absolute Gasteiger partial charge is 0.459 e. The van der Waals surface area contributed by atoms with Crippen LogP contribution >= 0.6 is 0 Å². The quantitative estimate of drug-likeness (QED) is 0.451. The van der Waals surface area contributed by atoms with Crippen LogP contribution < -0.4 is 0 Å². The number of ether oxygens (including phenoxy) is 1. The summed E-state index contributed by atoms with van der Waals surface area (Å²) >= 11 is 0. The molecule has 2 aliphatic rings. The van der Waals surface area contributed by atoms with E-state index in [2.05, 4.69) is 46.9 Å². The van der Waals surface area contributed by atoms with Crippen molar-refractivity contribution in [1.82, 2.24) is 0 Å². The summed E-state index contributed by atoms with van der Waals surface area (Å²) in [5.41, 5.74) is 2.13. The number of hydrogen-bond acceptors (Lipinski definition) is 3. The minimum Gasteiger partial charge on any atom is -0.459 e. The number of aliphatic hydroxyl groups is 1. The molecule has 0 saturated heterocycles. The zero-order valence-electron chi connectivity index (χ0n) is 16.5. The highest BCUT2D eigenvalue weighted by Gasteiger charge is 2.59. The molecule has 0 aromatic heterocycles. The molecule has 0 bridgehead atoms. The van der Waals surface area contributed by atoms with Crippen LogP contribution in [0.3, 0.4) is 0 Å². The lowest BCUT2D eigenvalue weighted by atomic mass is 9.46. The fourth-order valence-corrected chi connectivity index (χ4v) is 5.53. The summed E-state index contributed by atoms with van der Waals surface area (Å²) in [4.78, 5) is 11.5. The first-order valence-corrected chi connectivity index (χ1v) is 9.36. The Morgan fingerprint density at radius 2 is 2.00 bits per heavy atom. The van der Waals surface area contributed by atoms with Crippen LogP contribution in [0.1, 0.15) is 60.3 Å². The lowest BCUT2D eigenvalue weighted by Crippen LogP contribution is -2.61. The monoisotopic (exact) mass is 346 g/mol. The van der Waals surface area contributed by atoms with E-state index >= 15 is 0 Å². The summed E-state index contributed by atoms with van der Waals surface area (Å²) < 4.78 is 5.55. The van der Waals surface area contributed by atoms with Gasteiger partial charge < -0.3 is 9.84 Å². The van der Waals surface area contributed by atoms with Gasteiger partial charge in [-0.15, -0.1) is 0 Å². The Bertz CT molecular complexity index is 586. The van der Waals surface area contributed by atoms with Gasteiger partial charge in [-0.05, 0) is 49.9 Å². The van der Waals surface area contributed by atoms with Gasteiger partial charge in [0.1, 0.15) is 6.10 Å². The first-order valence-electron chi connectivity index (χ1n) is 9.36. The molecule has 3 heteroatoms. The van der Waals surface area contributed by atoms with Crippen molar-refractivity contribution in [1.29, 1.82) is 0 Å². The van der Waals surface area contributed by atoms with Crippen LogP contribution in [0, 0.1) is 22.7 Å². The van der Waals surface area contributed by atoms with Crippen LogP contribution in [0.5, 0.6) is 0 Å². The molecule has 0 aliphatic heterocycles. The second-order valence-corrected chi connectivity index (χ2v) is 8.82. The van der Waals surface area contributed by atoms with E-state index in [4.69, 9.17) is 4.74 Å². The third-order valence-electron chi connectivity index (χ3n) is 6.76. The fraction of sp³-hybridized carbons (Fsp3) is 0.682. The number of carbonyl (C=O) groups is 1. The number of allylic oxidation sites excluding steroid dienone is 4. The predicted octanol–water partition coefficient (Wildman–Crippen LogP) is 4.82. The molecule has 0 aromatic carbocycles. The van der Waals surface area contributed by atoms with Gasteiger partial charge in [0, 0.05) is 12.3 Å². The molecule has 2 rings (SSSR count). The van der Waals surface area contributed by atoms with Crippen molar-refractivity contribution in [2.24, 2.45) is 22.7 Å². The summed E-state index contributed by atoms with van der Waals surface area (Å²) in [5.74, 6) is 0.385. The maximum absolute atomic E-state index is 11.5. The van der Waals surface area contributed by atoms with E-state index in [1.807, 2.05) is 6.08 Å². The number of aliphatic hydroxyl groups excluding tert-OH is 1. The van der Waals surface area contributed by atoms with E-state index in [9.17, 15) is 9.90 Å². The lowest BCUT2D eigenvalue weighted by Gasteiger charge is -2.61. The third kappa shape index (κ3) is 3.62. The predicted molar refractivity (Wildman–Crippen MR) is 102 cm³/mol. The number of hydrogen-bond donors (Lipinski definition) is 1. The number of esters is 1. The SMILES string of the molecule is C=C/C(C)=C/C[C@H]1C(=C)CC[C@H]2C(C)(C)[C@@H](OC(C)=O)[C@H](O)C[C@]12C. The summed E-state index contributed by atoms with van der Waals surface area (Å²) in [6, 6.07) is 0. The number of fused-ring (bicyclic) bond motifs is 1. The topological polar surface area (TPSA) is 46.5 Å². The van der Waals surface area contributed by atoms with Gasteiger partial charge in [0.2, 0.25) is 0 Å². The zero-order valence-corrected chi connectivity index (χ0v) is 16.5. The standard InChI is InChI=1S/C22H34O3/c1-8-14(2)9-11-17-15(3)10-12-19-21(5,6)20(25-16(4)23)18(24)13-22(17,19)7/h8-9,17-20,24H,1,3,10-13H2,2,4-7H3/b14-9+/t17-,18+,19-,20-,22+/m0/s1. The minimum absolute atomic E-state index is 0.0488. The van der Waals surface area contributed by atoms with Crippen molar-refractivity contribution >= 4 is 5.97 Å². The van der Waals surface area contributed by atoms with Crippen molar-refractivity contribution in [3.63, 3.8) is 0 Å². The molecule has 25 heavy (non-hydrogen) atoms. The Morgan fingerprint density at radius 1 is 1.36 bits per heavy atom. The number of rotatable bonds is 4. The molecule has 3 nitrogen and oxygen atoms in total. The summed E-state index contributed by atoms with van der Waals surface area (Å²) in [5, 5.41) is 10.8. The van der Waals surface area contributed by atoms with Crippen molar-refractivity contribution < 1.29 is 14.6 Å². The van der Waals surface area contributed by atoms with E-state index in [-0.39, 0.29) is 16.8 Å². The Balaban J connectivity index is 2.38. The van der Waals surface area contributed by atoms with Gasteiger partial charge in [-0.3, -0.25) is 4.79 Å². The van der Waals surface area contributed by atoms with Crippen LogP contribution in [0.4, 0.5) is 0 Å². The Labute approximate surface area is 152 Å². The molecular formula is C22H34O3. The Morgan fingerprint density at radius 3 is 2.56 bits per heavy atom. The van der Waals surface area contributed by atoms with E-state index in [1.54, 1.807) is 0 Å². The van der Waals surface area contributed by atoms with Gasteiger partial charge in [0.05, 0.1) is 6.10 Å². The highest BCUT2D eigenvalue weighted by atomic mass is 16.6. The Kier molecular flexibility index (Phi) is 5.68. The van der Waals surface area contributed by atoms with E-state index in [0.717, 1.165) is 19.3 Å². The van der Waals surface area contributed by atoms with Gasteiger partial charge in [0.15, 0.2) is 0 Å². The van der Waals surface area contributed by atoms with E-state index in [1.165, 1.54) is 18.1 Å². The molecule has 0 spiro atoms. The number of carbonyl (C=O) groups excluding carboxylic acids is 1. The van der Waals surface area contributed by atoms with Crippen LogP contribution in [-0.2, 0) is 9.53 Å². The molecule has 0 aromatic rings. The molecule has 0 radical (unpaired) electrons. The average Bonchev–Trinajstić information content (AvgIpc) is 2.49. The lowest BCUT2D eigenvalue weighted by molar-refractivity contribution is -0.203. The minimum atomic E-state index is -0.641. The van der Waals surface area contributed by atoms with E-state index < -0.39 is 12.2 Å². The average molecular weight is 347 g/mol. The molecule has 2 saturated carbocycles. The second kappa shape index (κ2) is 7.11. The van der Waals surface area contributed by atoms with Gasteiger partial charge in [-0.25, -0.2) is 0 Å². The summed E-state index contributed by atoms with van der Waals surface area (Å²) in [7, 11) is 0. The highest BCUT2D eigenvalue weighted by Crippen LogP contribution is 2.62. The summed E-state index contributed by atoms with van der Waals surface area (Å²) in [6.07, 6.45) is 6.62. The second-order valence-electron chi connectivity index (χ2n) is 8.82. The van der Waals surface area contributed by atoms with Crippen LogP contribution in [0.15, 0.2) is 36.5 Å². The van der Waals surface area contributed by atoms with Crippen molar-refractivity contribution in [3.8, 4) is 0 Å². The molecule has 5 atom stereocenters. The van der Waals surface area contributed by atoms with Crippen molar-refractivity contribution in [2.75, 3.05) is 0 Å². The van der Waals surface area contributed by atoms with Gasteiger partial charge in [-0.2, -0.15) is 0 Å².